The Morgan fingerprint density at radius 2 is 1.29 bits per heavy atom. The normalized spacial score (nSPS) is 16.9. The summed E-state index contributed by atoms with van der Waals surface area (Å²) in [6.07, 6.45) is 3.59. The molecule has 1 aliphatic heterocycles. The second-order valence-electron chi connectivity index (χ2n) is 8.91. The van der Waals surface area contributed by atoms with Crippen molar-refractivity contribution in [1.82, 2.24) is 0 Å². The van der Waals surface area contributed by atoms with E-state index >= 15 is 0 Å². The van der Waals surface area contributed by atoms with Crippen LogP contribution in [0.25, 0.3) is 5.57 Å². The van der Waals surface area contributed by atoms with Gasteiger partial charge in [0.1, 0.15) is 16.7 Å². The topological polar surface area (TPSA) is 104 Å². The average molecular weight is 579 g/mol. The van der Waals surface area contributed by atoms with Gasteiger partial charge in [0.05, 0.1) is 4.91 Å². The quantitative estimate of drug-likeness (QED) is 0.273. The molecule has 11 heteroatoms. The molecule has 0 spiro atoms. The second-order valence-corrected chi connectivity index (χ2v) is 13.0. The maximum atomic E-state index is 12.5. The lowest BCUT2D eigenvalue weighted by molar-refractivity contribution is 0.472. The lowest BCUT2D eigenvalue weighted by Crippen LogP contribution is -2.25. The summed E-state index contributed by atoms with van der Waals surface area (Å²) in [4.78, 5) is 3.94. The van der Waals surface area contributed by atoms with Gasteiger partial charge in [-0.05, 0) is 69.7 Å². The van der Waals surface area contributed by atoms with Crippen LogP contribution in [0.2, 0.25) is 0 Å². The minimum absolute atomic E-state index is 0.216. The molecule has 8 nitrogen and oxygen atoms in total. The number of hydrogen-bond donors (Lipinski definition) is 1. The van der Waals surface area contributed by atoms with Gasteiger partial charge in [-0.1, -0.05) is 6.08 Å². The molecule has 0 saturated heterocycles. The number of ether oxygens (including phenoxy) is 1. The summed E-state index contributed by atoms with van der Waals surface area (Å²) in [5.41, 5.74) is 3.89. The summed E-state index contributed by atoms with van der Waals surface area (Å²) in [6.45, 7) is 11.4. The molecular formula is C27H31ClN2O6S2. The highest BCUT2D eigenvalue weighted by Gasteiger charge is 2.35. The molecule has 4 rings (SSSR count). The third-order valence-electron chi connectivity index (χ3n) is 6.89. The maximum absolute atomic E-state index is 12.5. The van der Waals surface area contributed by atoms with E-state index in [1.54, 1.807) is 0 Å². The average Bonchev–Trinajstić information content (AvgIpc) is 2.87. The number of allylic oxidation sites excluding steroid dienone is 2. The first-order chi connectivity index (χ1) is 17.9. The van der Waals surface area contributed by atoms with Crippen LogP contribution < -0.4 is 14.5 Å². The fourth-order valence-corrected chi connectivity index (χ4v) is 6.71. The van der Waals surface area contributed by atoms with E-state index in [0.29, 0.717) is 28.2 Å². The molecule has 1 heterocycles. The lowest BCUT2D eigenvalue weighted by atomic mass is 9.87. The smallest absolute Gasteiger partial charge is 0.275 e. The highest BCUT2D eigenvalue weighted by molar-refractivity contribution is 8.17. The Balaban J connectivity index is 2.03. The van der Waals surface area contributed by atoms with Crippen molar-refractivity contribution in [2.75, 3.05) is 36.0 Å². The zero-order valence-corrected chi connectivity index (χ0v) is 24.1. The number of nitrogens with zero attached hydrogens (tertiary/aromatic N) is 2. The number of rotatable bonds is 8. The van der Waals surface area contributed by atoms with Gasteiger partial charge in [-0.2, -0.15) is 8.42 Å². The van der Waals surface area contributed by atoms with Crippen molar-refractivity contribution < 1.29 is 26.1 Å². The van der Waals surface area contributed by atoms with Gasteiger partial charge in [0.15, 0.2) is 0 Å². The molecule has 1 aliphatic carbocycles. The Kier molecular flexibility index (Phi) is 7.99. The summed E-state index contributed by atoms with van der Waals surface area (Å²) >= 11 is 0. The fraction of sp³-hybridized carbons (Fsp3) is 0.333. The van der Waals surface area contributed by atoms with Gasteiger partial charge in [-0.3, -0.25) is 4.55 Å². The molecule has 2 aromatic rings. The molecule has 0 fully saturated rings. The van der Waals surface area contributed by atoms with Gasteiger partial charge < -0.3 is 14.5 Å². The first-order valence-electron chi connectivity index (χ1n) is 12.4. The van der Waals surface area contributed by atoms with Crippen LogP contribution in [0.1, 0.15) is 38.8 Å². The van der Waals surface area contributed by atoms with Gasteiger partial charge in [0, 0.05) is 77.1 Å². The molecule has 204 valence electrons. The molecule has 1 atom stereocenters. The van der Waals surface area contributed by atoms with Crippen molar-refractivity contribution in [3.8, 4) is 11.5 Å². The largest absolute Gasteiger partial charge is 0.456 e. The summed E-state index contributed by atoms with van der Waals surface area (Å²) in [5, 5.41) is -1.64. The Bertz CT molecular complexity index is 1490. The summed E-state index contributed by atoms with van der Waals surface area (Å²) in [5.74, 6) is 1.06. The standard InChI is InChI=1S/C27H31ClN2O6S2/c1-5-29(6-2)18-9-12-21-24(15-18)36-25-16-19(30(7-3)8-4)10-13-22(25)27(21)23-14-11-20(37(28,31)32)17-26(23)38(33,34)35/h9-17,26H,5-8H2,1-4H3,(H,33,34,35). The van der Waals surface area contributed by atoms with E-state index in [-0.39, 0.29) is 5.57 Å². The van der Waals surface area contributed by atoms with Crippen molar-refractivity contribution >= 4 is 46.8 Å². The number of benzene rings is 2. The van der Waals surface area contributed by atoms with Crippen LogP contribution in [-0.4, -0.2) is 52.8 Å². The predicted octanol–water partition coefficient (Wildman–Crippen LogP) is 5.57. The highest BCUT2D eigenvalue weighted by Crippen LogP contribution is 2.49. The highest BCUT2D eigenvalue weighted by atomic mass is 35.7. The molecule has 1 N–H and O–H groups in total. The van der Waals surface area contributed by atoms with Gasteiger partial charge in [0.25, 0.3) is 19.2 Å². The summed E-state index contributed by atoms with van der Waals surface area (Å²) in [7, 11) is -3.47. The van der Waals surface area contributed by atoms with Crippen LogP contribution in [0, 0.1) is 0 Å². The molecular weight excluding hydrogens is 548 g/mol. The molecule has 0 radical (unpaired) electrons. The van der Waals surface area contributed by atoms with Crippen LogP contribution in [0.5, 0.6) is 11.5 Å². The Morgan fingerprint density at radius 3 is 1.68 bits per heavy atom. The van der Waals surface area contributed by atoms with Crippen molar-refractivity contribution in [2.24, 2.45) is 0 Å². The van der Waals surface area contributed by atoms with Crippen LogP contribution in [0.3, 0.4) is 0 Å². The molecule has 0 aromatic heterocycles. The van der Waals surface area contributed by atoms with E-state index < -0.39 is 29.3 Å². The van der Waals surface area contributed by atoms with Crippen LogP contribution in [0.4, 0.5) is 11.4 Å². The molecule has 0 bridgehead atoms. The molecule has 0 saturated carbocycles. The maximum Gasteiger partial charge on any atom is 0.275 e. The Hall–Kier alpha value is -2.79. The van der Waals surface area contributed by atoms with Crippen molar-refractivity contribution in [3.63, 3.8) is 0 Å². The number of anilines is 2. The van der Waals surface area contributed by atoms with Crippen LogP contribution >= 0.6 is 10.7 Å². The SMILES string of the molecule is CCN(CC)c1ccc2c(c1)Oc1cc(N(CC)CC)ccc1C2=C1C=CC(S(=O)(=O)Cl)=CC1S(=O)(=O)O. The first kappa shape index (κ1) is 28.2. The van der Waals surface area contributed by atoms with Gasteiger partial charge in [0.2, 0.25) is 0 Å². The third kappa shape index (κ3) is 5.36. The zero-order valence-electron chi connectivity index (χ0n) is 21.7. The lowest BCUT2D eigenvalue weighted by Gasteiger charge is -2.30. The summed E-state index contributed by atoms with van der Waals surface area (Å²) in [6, 6.07) is 11.4. The van der Waals surface area contributed by atoms with E-state index in [1.807, 2.05) is 36.4 Å². The minimum atomic E-state index is -4.75. The minimum Gasteiger partial charge on any atom is -0.456 e. The monoisotopic (exact) mass is 578 g/mol. The Morgan fingerprint density at radius 1 is 0.816 bits per heavy atom. The third-order valence-corrected chi connectivity index (χ3v) is 9.29. The van der Waals surface area contributed by atoms with Crippen LogP contribution in [-0.2, 0) is 19.2 Å². The van der Waals surface area contributed by atoms with Crippen molar-refractivity contribution in [3.05, 3.63) is 76.2 Å². The molecule has 2 aliphatic rings. The summed E-state index contributed by atoms with van der Waals surface area (Å²) < 4.78 is 65.6. The van der Waals surface area contributed by atoms with Crippen molar-refractivity contribution in [1.29, 1.82) is 0 Å². The Labute approximate surface area is 229 Å². The first-order valence-corrected chi connectivity index (χ1v) is 16.3. The zero-order chi connectivity index (χ0) is 27.8. The predicted molar refractivity (Wildman–Crippen MR) is 153 cm³/mol. The molecule has 0 amide bonds. The van der Waals surface area contributed by atoms with E-state index in [4.69, 9.17) is 15.4 Å². The van der Waals surface area contributed by atoms with E-state index in [2.05, 4.69) is 37.5 Å². The second kappa shape index (κ2) is 10.8. The van der Waals surface area contributed by atoms with Crippen molar-refractivity contribution in [2.45, 2.75) is 32.9 Å². The number of halogens is 1. The van der Waals surface area contributed by atoms with Crippen LogP contribution in [0.15, 0.2) is 65.1 Å². The van der Waals surface area contributed by atoms with Gasteiger partial charge in [-0.15, -0.1) is 0 Å². The number of hydrogen-bond acceptors (Lipinski definition) is 7. The van der Waals surface area contributed by atoms with E-state index in [9.17, 15) is 21.4 Å². The molecule has 2 aromatic carbocycles. The number of fused-ring (bicyclic) bond motifs is 2. The van der Waals surface area contributed by atoms with E-state index in [1.165, 1.54) is 12.2 Å². The molecule has 1 unspecified atom stereocenters. The fourth-order valence-electron chi connectivity index (χ4n) is 4.95. The van der Waals surface area contributed by atoms with Gasteiger partial charge in [-0.25, -0.2) is 8.42 Å². The van der Waals surface area contributed by atoms with E-state index in [0.717, 1.165) is 43.6 Å². The molecule has 38 heavy (non-hydrogen) atoms. The van der Waals surface area contributed by atoms with Gasteiger partial charge >= 0.3 is 0 Å².